The topological polar surface area (TPSA) is 54.9 Å². The van der Waals surface area contributed by atoms with E-state index in [9.17, 15) is 0 Å². The number of aliphatic imine (C=N–C) groups is 1. The maximum atomic E-state index is 5.61. The van der Waals surface area contributed by atoms with Gasteiger partial charge in [-0.05, 0) is 30.9 Å². The lowest BCUT2D eigenvalue weighted by Crippen LogP contribution is -2.40. The second-order valence-electron chi connectivity index (χ2n) is 5.11. The summed E-state index contributed by atoms with van der Waals surface area (Å²) < 4.78 is 11.2. The van der Waals surface area contributed by atoms with E-state index in [-0.39, 0.29) is 0 Å². The van der Waals surface area contributed by atoms with Crippen molar-refractivity contribution in [1.82, 2.24) is 10.6 Å². The van der Waals surface area contributed by atoms with Gasteiger partial charge < -0.3 is 20.1 Å². The smallest absolute Gasteiger partial charge is 0.191 e. The molecule has 5 nitrogen and oxygen atoms in total. The average Bonchev–Trinajstić information content (AvgIpc) is 3.34. The third-order valence-electron chi connectivity index (χ3n) is 3.22. The van der Waals surface area contributed by atoms with Crippen LogP contribution in [0.4, 0.5) is 0 Å². The van der Waals surface area contributed by atoms with Gasteiger partial charge in [0, 0.05) is 20.2 Å². The number of ether oxygens (including phenoxy) is 2. The molecular weight excluding hydrogens is 266 g/mol. The van der Waals surface area contributed by atoms with Crippen LogP contribution in [-0.2, 0) is 4.74 Å². The Balaban J connectivity index is 1.48. The Morgan fingerprint density at radius 3 is 2.52 bits per heavy atom. The molecule has 0 amide bonds. The summed E-state index contributed by atoms with van der Waals surface area (Å²) in [6.45, 7) is 3.70. The number of nitrogens with zero attached hydrogens (tertiary/aromatic N) is 1. The fourth-order valence-electron chi connectivity index (χ4n) is 1.85. The van der Waals surface area contributed by atoms with Gasteiger partial charge in [0.2, 0.25) is 0 Å². The molecule has 1 aromatic carbocycles. The maximum Gasteiger partial charge on any atom is 0.191 e. The monoisotopic (exact) mass is 291 g/mol. The summed E-state index contributed by atoms with van der Waals surface area (Å²) in [4.78, 5) is 4.16. The van der Waals surface area contributed by atoms with Crippen molar-refractivity contribution in [3.8, 4) is 5.75 Å². The Kier molecular flexibility index (Phi) is 6.88. The molecule has 0 aliphatic heterocycles. The summed E-state index contributed by atoms with van der Waals surface area (Å²) in [6, 6.07) is 9.80. The Morgan fingerprint density at radius 2 is 1.86 bits per heavy atom. The number of benzene rings is 1. The van der Waals surface area contributed by atoms with Crippen LogP contribution in [0.3, 0.4) is 0 Å². The molecule has 1 aliphatic rings. The summed E-state index contributed by atoms with van der Waals surface area (Å²) in [6.07, 6.45) is 2.66. The van der Waals surface area contributed by atoms with E-state index in [2.05, 4.69) is 15.6 Å². The van der Waals surface area contributed by atoms with E-state index < -0.39 is 0 Å². The summed E-state index contributed by atoms with van der Waals surface area (Å²) in [7, 11) is 1.76. The molecule has 21 heavy (non-hydrogen) atoms. The summed E-state index contributed by atoms with van der Waals surface area (Å²) in [5.74, 6) is 2.48. The van der Waals surface area contributed by atoms with Crippen molar-refractivity contribution >= 4 is 5.96 Å². The number of hydrogen-bond acceptors (Lipinski definition) is 3. The van der Waals surface area contributed by atoms with Gasteiger partial charge in [0.1, 0.15) is 12.4 Å². The third kappa shape index (κ3) is 6.99. The van der Waals surface area contributed by atoms with Crippen LogP contribution in [0.15, 0.2) is 35.3 Å². The summed E-state index contributed by atoms with van der Waals surface area (Å²) in [5, 5.41) is 6.43. The first kappa shape index (κ1) is 15.6. The van der Waals surface area contributed by atoms with Gasteiger partial charge in [-0.2, -0.15) is 0 Å². The molecule has 116 valence electrons. The highest BCUT2D eigenvalue weighted by Gasteiger charge is 2.20. The van der Waals surface area contributed by atoms with Gasteiger partial charge in [0.05, 0.1) is 13.2 Å². The molecule has 2 rings (SSSR count). The molecule has 0 spiro atoms. The van der Waals surface area contributed by atoms with Crippen LogP contribution in [-0.4, -0.2) is 45.9 Å². The van der Waals surface area contributed by atoms with Gasteiger partial charge in [-0.25, -0.2) is 0 Å². The molecule has 0 atom stereocenters. The lowest BCUT2D eigenvalue weighted by atomic mass is 10.3. The molecule has 1 aliphatic carbocycles. The second kappa shape index (κ2) is 9.23. The molecule has 2 N–H and O–H groups in total. The first-order valence-electron chi connectivity index (χ1n) is 7.58. The van der Waals surface area contributed by atoms with Crippen molar-refractivity contribution in [3.05, 3.63) is 30.3 Å². The molecule has 0 unspecified atom stereocenters. The molecular formula is C16H25N3O2. The van der Waals surface area contributed by atoms with Crippen molar-refractivity contribution < 1.29 is 9.47 Å². The lowest BCUT2D eigenvalue weighted by Gasteiger charge is -2.12. The number of para-hydroxylation sites is 1. The van der Waals surface area contributed by atoms with Gasteiger partial charge in [0.25, 0.3) is 0 Å². The highest BCUT2D eigenvalue weighted by atomic mass is 16.5. The molecule has 1 fully saturated rings. The predicted octanol–water partition coefficient (Wildman–Crippen LogP) is 1.66. The Labute approximate surface area is 126 Å². The van der Waals surface area contributed by atoms with Crippen LogP contribution >= 0.6 is 0 Å². The Hall–Kier alpha value is -1.75. The quantitative estimate of drug-likeness (QED) is 0.413. The van der Waals surface area contributed by atoms with Crippen molar-refractivity contribution in [1.29, 1.82) is 0 Å². The SMILES string of the molecule is CN=C(NCCOCC1CC1)NCCOc1ccccc1. The lowest BCUT2D eigenvalue weighted by molar-refractivity contribution is 0.129. The normalized spacial score (nSPS) is 14.8. The molecule has 1 saturated carbocycles. The number of nitrogens with one attached hydrogen (secondary N) is 2. The van der Waals surface area contributed by atoms with Gasteiger partial charge in [-0.3, -0.25) is 4.99 Å². The van der Waals surface area contributed by atoms with E-state index >= 15 is 0 Å². The Bertz CT molecular complexity index is 419. The fraction of sp³-hybridized carbons (Fsp3) is 0.562. The van der Waals surface area contributed by atoms with Crippen LogP contribution in [0.1, 0.15) is 12.8 Å². The molecule has 0 saturated heterocycles. The minimum Gasteiger partial charge on any atom is -0.492 e. The van der Waals surface area contributed by atoms with Crippen molar-refractivity contribution in [2.75, 3.05) is 40.0 Å². The molecule has 5 heteroatoms. The molecule has 0 heterocycles. The van der Waals surface area contributed by atoms with Crippen LogP contribution in [0, 0.1) is 5.92 Å². The second-order valence-corrected chi connectivity index (χ2v) is 5.11. The first-order chi connectivity index (χ1) is 10.4. The van der Waals surface area contributed by atoms with E-state index in [0.717, 1.165) is 37.4 Å². The summed E-state index contributed by atoms with van der Waals surface area (Å²) in [5.41, 5.74) is 0. The van der Waals surface area contributed by atoms with E-state index in [1.54, 1.807) is 7.05 Å². The third-order valence-corrected chi connectivity index (χ3v) is 3.22. The van der Waals surface area contributed by atoms with Gasteiger partial charge in [-0.1, -0.05) is 18.2 Å². The Morgan fingerprint density at radius 1 is 1.14 bits per heavy atom. The van der Waals surface area contributed by atoms with Crippen molar-refractivity contribution in [2.24, 2.45) is 10.9 Å². The summed E-state index contributed by atoms with van der Waals surface area (Å²) >= 11 is 0. The zero-order valence-corrected chi connectivity index (χ0v) is 12.7. The minimum atomic E-state index is 0.600. The number of guanidine groups is 1. The van der Waals surface area contributed by atoms with E-state index in [0.29, 0.717) is 13.2 Å². The van der Waals surface area contributed by atoms with Crippen LogP contribution < -0.4 is 15.4 Å². The zero-order valence-electron chi connectivity index (χ0n) is 12.7. The van der Waals surface area contributed by atoms with Crippen LogP contribution in [0.2, 0.25) is 0 Å². The maximum absolute atomic E-state index is 5.61. The highest BCUT2D eigenvalue weighted by Crippen LogP contribution is 2.28. The molecule has 0 aromatic heterocycles. The van der Waals surface area contributed by atoms with E-state index in [1.807, 2.05) is 30.3 Å². The standard InChI is InChI=1S/C16H25N3O2/c1-17-16(18-9-11-20-13-14-7-8-14)19-10-12-21-15-5-3-2-4-6-15/h2-6,14H,7-13H2,1H3,(H2,17,18,19). The van der Waals surface area contributed by atoms with E-state index in [1.165, 1.54) is 12.8 Å². The van der Waals surface area contributed by atoms with Gasteiger partial charge in [0.15, 0.2) is 5.96 Å². The van der Waals surface area contributed by atoms with Crippen LogP contribution in [0.25, 0.3) is 0 Å². The van der Waals surface area contributed by atoms with Gasteiger partial charge >= 0.3 is 0 Å². The largest absolute Gasteiger partial charge is 0.492 e. The van der Waals surface area contributed by atoms with Crippen molar-refractivity contribution in [2.45, 2.75) is 12.8 Å². The number of hydrogen-bond donors (Lipinski definition) is 2. The average molecular weight is 291 g/mol. The fourth-order valence-corrected chi connectivity index (χ4v) is 1.85. The molecule has 0 bridgehead atoms. The van der Waals surface area contributed by atoms with Crippen LogP contribution in [0.5, 0.6) is 5.75 Å². The van der Waals surface area contributed by atoms with Gasteiger partial charge in [-0.15, -0.1) is 0 Å². The highest BCUT2D eigenvalue weighted by molar-refractivity contribution is 5.79. The van der Waals surface area contributed by atoms with E-state index in [4.69, 9.17) is 9.47 Å². The zero-order chi connectivity index (χ0) is 14.8. The van der Waals surface area contributed by atoms with Crippen molar-refractivity contribution in [3.63, 3.8) is 0 Å². The molecule has 0 radical (unpaired) electrons. The molecule has 1 aromatic rings. The number of rotatable bonds is 9. The predicted molar refractivity (Wildman–Crippen MR) is 84.8 cm³/mol. The minimum absolute atomic E-state index is 0.600. The first-order valence-corrected chi connectivity index (χ1v) is 7.58.